The molecular weight excluding hydrogens is 451 g/mol. The second-order valence-electron chi connectivity index (χ2n) is 7.50. The number of hydrogen-bond acceptors (Lipinski definition) is 3. The SMILES string of the molecule is CCNC(=NCCc1ccc(C)c(OC)c1)NC1CCN(C2CC2)CC1.I. The van der Waals surface area contributed by atoms with Gasteiger partial charge in [-0.2, -0.15) is 0 Å². The van der Waals surface area contributed by atoms with Crippen LogP contribution in [0.5, 0.6) is 5.75 Å². The van der Waals surface area contributed by atoms with Crippen molar-refractivity contribution in [2.45, 2.75) is 58.0 Å². The van der Waals surface area contributed by atoms with Crippen LogP contribution in [-0.4, -0.2) is 56.2 Å². The van der Waals surface area contributed by atoms with Gasteiger partial charge in [0, 0.05) is 38.3 Å². The molecule has 2 N–H and O–H groups in total. The lowest BCUT2D eigenvalue weighted by molar-refractivity contribution is 0.197. The summed E-state index contributed by atoms with van der Waals surface area (Å²) in [5.74, 6) is 1.91. The highest BCUT2D eigenvalue weighted by Gasteiger charge is 2.31. The fraction of sp³-hybridized carbons (Fsp3) is 0.667. The number of benzene rings is 1. The van der Waals surface area contributed by atoms with E-state index in [1.165, 1.54) is 49.9 Å². The number of aliphatic imine (C=N–C) groups is 1. The fourth-order valence-corrected chi connectivity index (χ4v) is 3.68. The Bertz CT molecular complexity index is 610. The Balaban J connectivity index is 0.00000261. The van der Waals surface area contributed by atoms with E-state index >= 15 is 0 Å². The zero-order valence-corrected chi connectivity index (χ0v) is 19.3. The number of aryl methyl sites for hydroxylation is 1. The van der Waals surface area contributed by atoms with Crippen LogP contribution < -0.4 is 15.4 Å². The van der Waals surface area contributed by atoms with Gasteiger partial charge in [0.05, 0.1) is 7.11 Å². The predicted molar refractivity (Wildman–Crippen MR) is 124 cm³/mol. The first kappa shape index (κ1) is 22.3. The standard InChI is InChI=1S/C21H34N4O.HI/c1-4-22-21(24-18-10-13-25(14-11-18)19-7-8-19)23-12-9-17-6-5-16(2)20(15-17)26-3;/h5-6,15,18-19H,4,7-14H2,1-3H3,(H2,22,23,24);1H. The second kappa shape index (κ2) is 11.1. The molecule has 0 aromatic heterocycles. The van der Waals surface area contributed by atoms with E-state index in [1.54, 1.807) is 7.11 Å². The lowest BCUT2D eigenvalue weighted by atomic mass is 10.1. The molecule has 0 spiro atoms. The third-order valence-corrected chi connectivity index (χ3v) is 5.42. The minimum atomic E-state index is 0. The molecule has 1 aliphatic carbocycles. The van der Waals surface area contributed by atoms with Crippen molar-refractivity contribution in [2.75, 3.05) is 33.3 Å². The third kappa shape index (κ3) is 6.82. The van der Waals surface area contributed by atoms with Gasteiger partial charge in [-0.15, -0.1) is 24.0 Å². The molecule has 0 amide bonds. The summed E-state index contributed by atoms with van der Waals surface area (Å²) in [7, 11) is 1.73. The molecule has 1 saturated carbocycles. The van der Waals surface area contributed by atoms with E-state index in [-0.39, 0.29) is 24.0 Å². The number of ether oxygens (including phenoxy) is 1. The largest absolute Gasteiger partial charge is 0.496 e. The van der Waals surface area contributed by atoms with Gasteiger partial charge in [0.15, 0.2) is 5.96 Å². The molecule has 1 saturated heterocycles. The first-order valence-corrected chi connectivity index (χ1v) is 10.1. The van der Waals surface area contributed by atoms with E-state index in [4.69, 9.17) is 9.73 Å². The average Bonchev–Trinajstić information content (AvgIpc) is 3.49. The van der Waals surface area contributed by atoms with Crippen molar-refractivity contribution in [2.24, 2.45) is 4.99 Å². The molecule has 1 heterocycles. The Morgan fingerprint density at radius 1 is 1.22 bits per heavy atom. The molecule has 0 bridgehead atoms. The van der Waals surface area contributed by atoms with Gasteiger partial charge in [-0.3, -0.25) is 4.99 Å². The number of nitrogens with one attached hydrogen (secondary N) is 2. The van der Waals surface area contributed by atoms with E-state index < -0.39 is 0 Å². The van der Waals surface area contributed by atoms with Gasteiger partial charge in [-0.1, -0.05) is 12.1 Å². The maximum Gasteiger partial charge on any atom is 0.191 e. The van der Waals surface area contributed by atoms with Gasteiger partial charge < -0.3 is 20.3 Å². The van der Waals surface area contributed by atoms with Gasteiger partial charge in [0.25, 0.3) is 0 Å². The van der Waals surface area contributed by atoms with E-state index in [0.29, 0.717) is 6.04 Å². The Morgan fingerprint density at radius 3 is 2.59 bits per heavy atom. The molecule has 0 radical (unpaired) electrons. The Kier molecular flexibility index (Phi) is 9.15. The van der Waals surface area contributed by atoms with Crippen molar-refractivity contribution in [1.29, 1.82) is 0 Å². The quantitative estimate of drug-likeness (QED) is 0.353. The highest BCUT2D eigenvalue weighted by Crippen LogP contribution is 2.29. The van der Waals surface area contributed by atoms with Crippen LogP contribution in [0, 0.1) is 6.92 Å². The van der Waals surface area contributed by atoms with E-state index in [0.717, 1.165) is 37.3 Å². The number of piperidine rings is 1. The number of likely N-dealkylation sites (tertiary alicyclic amines) is 1. The van der Waals surface area contributed by atoms with Crippen LogP contribution in [0.3, 0.4) is 0 Å². The Morgan fingerprint density at radius 2 is 1.96 bits per heavy atom. The number of halogens is 1. The number of guanidine groups is 1. The number of rotatable bonds is 7. The van der Waals surface area contributed by atoms with Crippen LogP contribution >= 0.6 is 24.0 Å². The Labute approximate surface area is 181 Å². The van der Waals surface area contributed by atoms with Crippen LogP contribution in [0.15, 0.2) is 23.2 Å². The normalized spacial score (nSPS) is 18.7. The molecule has 1 aromatic carbocycles. The summed E-state index contributed by atoms with van der Waals surface area (Å²) in [6, 6.07) is 7.85. The molecule has 6 heteroatoms. The van der Waals surface area contributed by atoms with Crippen molar-refractivity contribution in [3.05, 3.63) is 29.3 Å². The minimum absolute atomic E-state index is 0. The topological polar surface area (TPSA) is 48.9 Å². The lowest BCUT2D eigenvalue weighted by Crippen LogP contribution is -2.49. The van der Waals surface area contributed by atoms with Gasteiger partial charge in [0.1, 0.15) is 5.75 Å². The van der Waals surface area contributed by atoms with Gasteiger partial charge >= 0.3 is 0 Å². The smallest absolute Gasteiger partial charge is 0.191 e. The second-order valence-corrected chi connectivity index (χ2v) is 7.50. The van der Waals surface area contributed by atoms with Crippen LogP contribution in [0.25, 0.3) is 0 Å². The maximum absolute atomic E-state index is 5.42. The number of hydrogen-bond donors (Lipinski definition) is 2. The monoisotopic (exact) mass is 486 g/mol. The zero-order chi connectivity index (χ0) is 18.4. The first-order chi connectivity index (χ1) is 12.7. The summed E-state index contributed by atoms with van der Waals surface area (Å²) in [4.78, 5) is 7.45. The fourth-order valence-electron chi connectivity index (χ4n) is 3.68. The van der Waals surface area contributed by atoms with E-state index in [9.17, 15) is 0 Å². The molecule has 27 heavy (non-hydrogen) atoms. The summed E-state index contributed by atoms with van der Waals surface area (Å²) in [5, 5.41) is 7.04. The van der Waals surface area contributed by atoms with Crippen LogP contribution in [0.1, 0.15) is 43.7 Å². The average molecular weight is 486 g/mol. The molecule has 1 aliphatic heterocycles. The summed E-state index contributed by atoms with van der Waals surface area (Å²) in [6.07, 6.45) is 6.18. The molecule has 5 nitrogen and oxygen atoms in total. The zero-order valence-electron chi connectivity index (χ0n) is 17.0. The van der Waals surface area contributed by atoms with Crippen LogP contribution in [0.4, 0.5) is 0 Å². The van der Waals surface area contributed by atoms with Gasteiger partial charge in [0.2, 0.25) is 0 Å². The van der Waals surface area contributed by atoms with Crippen LogP contribution in [-0.2, 0) is 6.42 Å². The van der Waals surface area contributed by atoms with Gasteiger partial charge in [-0.05, 0) is 63.1 Å². The predicted octanol–water partition coefficient (Wildman–Crippen LogP) is 3.35. The van der Waals surface area contributed by atoms with Gasteiger partial charge in [-0.25, -0.2) is 0 Å². The molecule has 0 unspecified atom stereocenters. The van der Waals surface area contributed by atoms with Crippen molar-refractivity contribution >= 4 is 29.9 Å². The van der Waals surface area contributed by atoms with Crippen molar-refractivity contribution in [3.8, 4) is 5.75 Å². The number of nitrogens with zero attached hydrogens (tertiary/aromatic N) is 2. The van der Waals surface area contributed by atoms with Crippen molar-refractivity contribution in [3.63, 3.8) is 0 Å². The summed E-state index contributed by atoms with van der Waals surface area (Å²) < 4.78 is 5.42. The van der Waals surface area contributed by atoms with Crippen LogP contribution in [0.2, 0.25) is 0 Å². The lowest BCUT2D eigenvalue weighted by Gasteiger charge is -2.33. The van der Waals surface area contributed by atoms with E-state index in [2.05, 4.69) is 47.6 Å². The van der Waals surface area contributed by atoms with Crippen molar-refractivity contribution in [1.82, 2.24) is 15.5 Å². The molecule has 2 fully saturated rings. The van der Waals surface area contributed by atoms with Crippen molar-refractivity contribution < 1.29 is 4.74 Å². The minimum Gasteiger partial charge on any atom is -0.496 e. The highest BCUT2D eigenvalue weighted by atomic mass is 127. The molecule has 0 atom stereocenters. The first-order valence-electron chi connectivity index (χ1n) is 10.1. The number of methoxy groups -OCH3 is 1. The highest BCUT2D eigenvalue weighted by molar-refractivity contribution is 14.0. The maximum atomic E-state index is 5.42. The summed E-state index contributed by atoms with van der Waals surface area (Å²) in [5.41, 5.74) is 2.44. The molecular formula is C21H35IN4O. The molecule has 2 aliphatic rings. The third-order valence-electron chi connectivity index (χ3n) is 5.42. The molecule has 1 aromatic rings. The molecule has 152 valence electrons. The summed E-state index contributed by atoms with van der Waals surface area (Å²) in [6.45, 7) is 8.32. The molecule has 3 rings (SSSR count). The summed E-state index contributed by atoms with van der Waals surface area (Å²) >= 11 is 0. The van der Waals surface area contributed by atoms with E-state index in [1.807, 2.05) is 0 Å². The Hall–Kier alpha value is -1.02.